The van der Waals surface area contributed by atoms with E-state index in [4.69, 9.17) is 5.11 Å². The van der Waals surface area contributed by atoms with E-state index in [1.807, 2.05) is 0 Å². The van der Waals surface area contributed by atoms with Crippen molar-refractivity contribution in [2.24, 2.45) is 0 Å². The second kappa shape index (κ2) is 7.19. The number of nitrogens with zero attached hydrogens (tertiary/aromatic N) is 2. The number of hydrogen-bond donors (Lipinski definition) is 1. The fourth-order valence-corrected chi connectivity index (χ4v) is 1.14. The summed E-state index contributed by atoms with van der Waals surface area (Å²) in [6.07, 6.45) is -2.46. The van der Waals surface area contributed by atoms with Gasteiger partial charge in [-0.2, -0.15) is 0 Å². The normalized spacial score (nSPS) is 13.5. The van der Waals surface area contributed by atoms with Gasteiger partial charge in [0.25, 0.3) is 10.2 Å². The highest BCUT2D eigenvalue weighted by molar-refractivity contribution is 5.66. The third kappa shape index (κ3) is 7.76. The quantitative estimate of drug-likeness (QED) is 0.459. The van der Waals surface area contributed by atoms with Crippen LogP contribution in [0.2, 0.25) is 0 Å². The molecule has 0 radical (unpaired) electrons. The monoisotopic (exact) mass is 252 g/mol. The predicted octanol–water partition coefficient (Wildman–Crippen LogP) is 0.415. The van der Waals surface area contributed by atoms with Gasteiger partial charge in [-0.1, -0.05) is 0 Å². The Balaban J connectivity index is 4.25. The van der Waals surface area contributed by atoms with Gasteiger partial charge in [0.1, 0.15) is 12.2 Å². The molecule has 0 aromatic rings. The first-order valence-corrected chi connectivity index (χ1v) is 4.67. The van der Waals surface area contributed by atoms with E-state index in [2.05, 4.69) is 9.68 Å². The maximum absolute atomic E-state index is 10.2. The molecule has 98 valence electrons. The van der Waals surface area contributed by atoms with Gasteiger partial charge in [-0.15, -0.1) is 20.2 Å². The minimum Gasteiger partial charge on any atom is -0.481 e. The fourth-order valence-electron chi connectivity index (χ4n) is 1.14. The molecule has 2 atom stereocenters. The van der Waals surface area contributed by atoms with Crippen LogP contribution in [-0.4, -0.2) is 33.5 Å². The lowest BCUT2D eigenvalue weighted by Gasteiger charge is -2.19. The first-order chi connectivity index (χ1) is 7.82. The SMILES string of the molecule is CC(O[N+](=O)[O-])C(CCCC(=O)O)O[N+](=O)[O-]. The van der Waals surface area contributed by atoms with Crippen molar-refractivity contribution in [1.82, 2.24) is 0 Å². The molecular weight excluding hydrogens is 240 g/mol. The molecule has 0 aliphatic carbocycles. The Hall–Kier alpha value is -2.13. The highest BCUT2D eigenvalue weighted by atomic mass is 17.0. The zero-order valence-corrected chi connectivity index (χ0v) is 8.98. The molecule has 0 bridgehead atoms. The van der Waals surface area contributed by atoms with E-state index in [-0.39, 0.29) is 19.3 Å². The summed E-state index contributed by atoms with van der Waals surface area (Å²) in [7, 11) is 0. The first kappa shape index (κ1) is 14.9. The van der Waals surface area contributed by atoms with Crippen molar-refractivity contribution < 1.29 is 29.7 Å². The van der Waals surface area contributed by atoms with Crippen LogP contribution in [-0.2, 0) is 14.5 Å². The first-order valence-electron chi connectivity index (χ1n) is 4.67. The van der Waals surface area contributed by atoms with Crippen molar-refractivity contribution in [3.63, 3.8) is 0 Å². The maximum Gasteiger partial charge on any atom is 0.303 e. The van der Waals surface area contributed by atoms with Gasteiger partial charge in [0.15, 0.2) is 0 Å². The van der Waals surface area contributed by atoms with Crippen LogP contribution in [0.1, 0.15) is 26.2 Å². The lowest BCUT2D eigenvalue weighted by Crippen LogP contribution is -2.32. The number of carboxylic acid groups (broad SMARTS) is 1. The summed E-state index contributed by atoms with van der Waals surface area (Å²) < 4.78 is 0. The van der Waals surface area contributed by atoms with Crippen LogP contribution in [0.3, 0.4) is 0 Å². The van der Waals surface area contributed by atoms with Gasteiger partial charge in [-0.3, -0.25) is 4.79 Å². The number of aliphatic carboxylic acids is 1. The summed E-state index contributed by atoms with van der Waals surface area (Å²) in [6, 6.07) is 0. The summed E-state index contributed by atoms with van der Waals surface area (Å²) in [4.78, 5) is 38.7. The molecule has 0 aromatic heterocycles. The Bertz CT molecular complexity index is 294. The van der Waals surface area contributed by atoms with Gasteiger partial charge < -0.3 is 14.8 Å². The lowest BCUT2D eigenvalue weighted by atomic mass is 10.1. The van der Waals surface area contributed by atoms with E-state index >= 15 is 0 Å². The highest BCUT2D eigenvalue weighted by Crippen LogP contribution is 2.12. The summed E-state index contributed by atoms with van der Waals surface area (Å²) in [5.41, 5.74) is 0. The van der Waals surface area contributed by atoms with E-state index in [1.165, 1.54) is 6.92 Å². The van der Waals surface area contributed by atoms with Gasteiger partial charge in [0, 0.05) is 6.42 Å². The standard InChI is InChI=1S/C7H12N2O8/c1-5(16-8(12)13)6(17-9(14)15)3-2-4-7(10)11/h5-6H,2-4H2,1H3,(H,10,11). The van der Waals surface area contributed by atoms with E-state index in [1.54, 1.807) is 0 Å². The Morgan fingerprint density at radius 1 is 1.29 bits per heavy atom. The van der Waals surface area contributed by atoms with E-state index in [0.29, 0.717) is 0 Å². The Morgan fingerprint density at radius 3 is 2.24 bits per heavy atom. The van der Waals surface area contributed by atoms with Crippen LogP contribution < -0.4 is 0 Å². The molecule has 0 saturated carbocycles. The van der Waals surface area contributed by atoms with Crippen LogP contribution in [0.5, 0.6) is 0 Å². The van der Waals surface area contributed by atoms with Gasteiger partial charge in [-0.05, 0) is 19.8 Å². The third-order valence-electron chi connectivity index (χ3n) is 1.88. The molecule has 10 nitrogen and oxygen atoms in total. The smallest absolute Gasteiger partial charge is 0.303 e. The molecule has 0 aliphatic heterocycles. The highest BCUT2D eigenvalue weighted by Gasteiger charge is 2.24. The predicted molar refractivity (Wildman–Crippen MR) is 50.9 cm³/mol. The van der Waals surface area contributed by atoms with Gasteiger partial charge in [-0.25, -0.2) is 0 Å². The largest absolute Gasteiger partial charge is 0.481 e. The molecular formula is C7H12N2O8. The van der Waals surface area contributed by atoms with E-state index in [0.717, 1.165) is 0 Å². The fraction of sp³-hybridized carbons (Fsp3) is 0.857. The lowest BCUT2D eigenvalue weighted by molar-refractivity contribution is -0.798. The molecule has 0 aliphatic rings. The number of rotatable bonds is 9. The topological polar surface area (TPSA) is 142 Å². The van der Waals surface area contributed by atoms with Crippen LogP contribution in [0.15, 0.2) is 0 Å². The second-order valence-corrected chi connectivity index (χ2v) is 3.19. The van der Waals surface area contributed by atoms with Crippen LogP contribution in [0.4, 0.5) is 0 Å². The zero-order valence-electron chi connectivity index (χ0n) is 8.98. The van der Waals surface area contributed by atoms with Crippen molar-refractivity contribution in [3.8, 4) is 0 Å². The van der Waals surface area contributed by atoms with Gasteiger partial charge in [0.05, 0.1) is 0 Å². The van der Waals surface area contributed by atoms with Crippen LogP contribution >= 0.6 is 0 Å². The molecule has 1 N–H and O–H groups in total. The van der Waals surface area contributed by atoms with Crippen molar-refractivity contribution >= 4 is 5.97 Å². The molecule has 0 fully saturated rings. The molecule has 0 rings (SSSR count). The minimum absolute atomic E-state index is 0.0255. The summed E-state index contributed by atoms with van der Waals surface area (Å²) in [5.74, 6) is -1.06. The second-order valence-electron chi connectivity index (χ2n) is 3.19. The van der Waals surface area contributed by atoms with Crippen molar-refractivity contribution in [2.75, 3.05) is 0 Å². The van der Waals surface area contributed by atoms with Crippen molar-refractivity contribution in [1.29, 1.82) is 0 Å². The van der Waals surface area contributed by atoms with Crippen LogP contribution in [0.25, 0.3) is 0 Å². The molecule has 17 heavy (non-hydrogen) atoms. The van der Waals surface area contributed by atoms with Crippen molar-refractivity contribution in [3.05, 3.63) is 20.2 Å². The minimum atomic E-state index is -1.17. The molecule has 0 aromatic carbocycles. The molecule has 0 spiro atoms. The average molecular weight is 252 g/mol. The average Bonchev–Trinajstić information content (AvgIpc) is 2.13. The van der Waals surface area contributed by atoms with Gasteiger partial charge in [0.2, 0.25) is 0 Å². The van der Waals surface area contributed by atoms with Gasteiger partial charge >= 0.3 is 5.97 Å². The van der Waals surface area contributed by atoms with Crippen molar-refractivity contribution in [2.45, 2.75) is 38.4 Å². The summed E-state index contributed by atoms with van der Waals surface area (Å²) in [5, 5.41) is 26.4. The molecule has 0 heterocycles. The summed E-state index contributed by atoms with van der Waals surface area (Å²) >= 11 is 0. The molecule has 0 saturated heterocycles. The number of carboxylic acids is 1. The Labute approximate surface area is 95.3 Å². The van der Waals surface area contributed by atoms with E-state index in [9.17, 15) is 25.0 Å². The number of carbonyl (C=O) groups is 1. The van der Waals surface area contributed by atoms with Crippen LogP contribution in [0, 0.1) is 20.2 Å². The number of hydrogen-bond acceptors (Lipinski definition) is 7. The third-order valence-corrected chi connectivity index (χ3v) is 1.88. The molecule has 10 heteroatoms. The molecule has 0 amide bonds. The maximum atomic E-state index is 10.2. The Kier molecular flexibility index (Phi) is 6.29. The summed E-state index contributed by atoms with van der Waals surface area (Å²) in [6.45, 7) is 1.23. The Morgan fingerprint density at radius 2 is 1.82 bits per heavy atom. The molecule has 2 unspecified atom stereocenters. The zero-order chi connectivity index (χ0) is 13.4. The van der Waals surface area contributed by atoms with E-state index < -0.39 is 28.4 Å².